The number of benzene rings is 1. The van der Waals surface area contributed by atoms with Gasteiger partial charge in [-0.2, -0.15) is 0 Å². The van der Waals surface area contributed by atoms with Crippen molar-refractivity contribution in [3.8, 4) is 11.5 Å². The van der Waals surface area contributed by atoms with Gasteiger partial charge in [0.15, 0.2) is 0 Å². The molecule has 19 heavy (non-hydrogen) atoms. The molecule has 0 amide bonds. The molecular weight excluding hydrogens is 240 g/mol. The van der Waals surface area contributed by atoms with Crippen LogP contribution in [0.2, 0.25) is 0 Å². The second-order valence-corrected chi connectivity index (χ2v) is 5.36. The van der Waals surface area contributed by atoms with Crippen LogP contribution in [0.1, 0.15) is 31.9 Å². The van der Waals surface area contributed by atoms with Gasteiger partial charge >= 0.3 is 0 Å². The minimum Gasteiger partial charge on any atom is -0.497 e. The smallest absolute Gasteiger partial charge is 0.127 e. The third kappa shape index (κ3) is 3.61. The number of ether oxygens (including phenoxy) is 2. The van der Waals surface area contributed by atoms with E-state index < -0.39 is 0 Å². The van der Waals surface area contributed by atoms with Crippen LogP contribution in [-0.4, -0.2) is 27.8 Å². The van der Waals surface area contributed by atoms with Gasteiger partial charge in [0, 0.05) is 17.7 Å². The van der Waals surface area contributed by atoms with Crippen molar-refractivity contribution in [2.45, 2.75) is 26.3 Å². The zero-order chi connectivity index (χ0) is 14.5. The van der Waals surface area contributed by atoms with Crippen molar-refractivity contribution in [1.29, 1.82) is 0 Å². The Balaban J connectivity index is 3.17. The largest absolute Gasteiger partial charge is 0.497 e. The summed E-state index contributed by atoms with van der Waals surface area (Å²) in [6.07, 6.45) is 0.938. The number of methoxy groups -OCH3 is 2. The molecule has 0 aliphatic rings. The summed E-state index contributed by atoms with van der Waals surface area (Å²) in [7, 11) is 5.30. The van der Waals surface area contributed by atoms with Crippen LogP contribution >= 0.6 is 0 Å². The van der Waals surface area contributed by atoms with Crippen LogP contribution in [0.5, 0.6) is 11.5 Å². The Kier molecular flexibility index (Phi) is 5.63. The molecule has 108 valence electrons. The van der Waals surface area contributed by atoms with Gasteiger partial charge in [0.25, 0.3) is 0 Å². The molecule has 1 aromatic rings. The molecule has 0 heterocycles. The second kappa shape index (κ2) is 6.78. The molecule has 1 aromatic carbocycles. The number of rotatable bonds is 7. The first kappa shape index (κ1) is 15.8. The fraction of sp³-hybridized carbons (Fsp3) is 0.600. The highest BCUT2D eigenvalue weighted by Gasteiger charge is 2.31. The minimum absolute atomic E-state index is 0.0470. The number of hydrogen-bond donors (Lipinski definition) is 2. The quantitative estimate of drug-likeness (QED) is 0.795. The molecule has 3 N–H and O–H groups in total. The summed E-state index contributed by atoms with van der Waals surface area (Å²) in [4.78, 5) is 0. The van der Waals surface area contributed by atoms with Gasteiger partial charge in [0.05, 0.1) is 14.2 Å². The molecule has 0 bridgehead atoms. The minimum atomic E-state index is 0.0470. The van der Waals surface area contributed by atoms with E-state index in [9.17, 15) is 0 Å². The number of nitrogens with one attached hydrogen (secondary N) is 1. The monoisotopic (exact) mass is 266 g/mol. The Hall–Kier alpha value is -1.26. The lowest BCUT2D eigenvalue weighted by molar-refractivity contribution is 0.233. The van der Waals surface area contributed by atoms with E-state index in [4.69, 9.17) is 15.2 Å². The summed E-state index contributed by atoms with van der Waals surface area (Å²) in [5.74, 6) is 1.64. The van der Waals surface area contributed by atoms with E-state index >= 15 is 0 Å². The summed E-state index contributed by atoms with van der Waals surface area (Å²) in [6.45, 7) is 5.10. The van der Waals surface area contributed by atoms with Crippen LogP contribution in [0.4, 0.5) is 0 Å². The standard InChI is InChI=1S/C15H26N2O2/c1-15(2,8-9-16)14(17-3)12-7-6-11(18-4)10-13(12)19-5/h6-7,10,14,17H,8-9,16H2,1-5H3. The maximum atomic E-state index is 5.72. The molecular formula is C15H26N2O2. The van der Waals surface area contributed by atoms with Crippen LogP contribution in [0.3, 0.4) is 0 Å². The lowest BCUT2D eigenvalue weighted by atomic mass is 9.77. The van der Waals surface area contributed by atoms with Crippen molar-refractivity contribution in [1.82, 2.24) is 5.32 Å². The number of hydrogen-bond acceptors (Lipinski definition) is 4. The van der Waals surface area contributed by atoms with Crippen molar-refractivity contribution in [2.75, 3.05) is 27.8 Å². The van der Waals surface area contributed by atoms with Crippen LogP contribution in [0.25, 0.3) is 0 Å². The van der Waals surface area contributed by atoms with Gasteiger partial charge in [-0.25, -0.2) is 0 Å². The van der Waals surface area contributed by atoms with Gasteiger partial charge in [-0.1, -0.05) is 19.9 Å². The van der Waals surface area contributed by atoms with E-state index in [1.165, 1.54) is 0 Å². The van der Waals surface area contributed by atoms with Crippen molar-refractivity contribution < 1.29 is 9.47 Å². The van der Waals surface area contributed by atoms with E-state index in [0.717, 1.165) is 23.5 Å². The molecule has 0 aliphatic heterocycles. The predicted molar refractivity (Wildman–Crippen MR) is 78.8 cm³/mol. The first-order valence-electron chi connectivity index (χ1n) is 6.59. The van der Waals surface area contributed by atoms with Crippen LogP contribution < -0.4 is 20.5 Å². The van der Waals surface area contributed by atoms with Crippen molar-refractivity contribution in [3.05, 3.63) is 23.8 Å². The Morgan fingerprint density at radius 1 is 1.26 bits per heavy atom. The Morgan fingerprint density at radius 3 is 2.42 bits per heavy atom. The van der Waals surface area contributed by atoms with Crippen LogP contribution in [0.15, 0.2) is 18.2 Å². The number of nitrogens with two attached hydrogens (primary N) is 1. The summed E-state index contributed by atoms with van der Waals surface area (Å²) < 4.78 is 10.7. The molecule has 1 atom stereocenters. The van der Waals surface area contributed by atoms with Gasteiger partial charge in [-0.05, 0) is 31.5 Å². The van der Waals surface area contributed by atoms with Gasteiger partial charge in [0.1, 0.15) is 11.5 Å². The lowest BCUT2D eigenvalue weighted by Crippen LogP contribution is -2.34. The summed E-state index contributed by atoms with van der Waals surface area (Å²) >= 11 is 0. The third-order valence-corrected chi connectivity index (χ3v) is 3.61. The molecule has 1 rings (SSSR count). The topological polar surface area (TPSA) is 56.5 Å². The van der Waals surface area contributed by atoms with E-state index in [2.05, 4.69) is 25.2 Å². The van der Waals surface area contributed by atoms with Gasteiger partial charge < -0.3 is 20.5 Å². The molecule has 1 unspecified atom stereocenters. The van der Waals surface area contributed by atoms with Gasteiger partial charge in [-0.15, -0.1) is 0 Å². The average molecular weight is 266 g/mol. The van der Waals surface area contributed by atoms with Crippen molar-refractivity contribution in [3.63, 3.8) is 0 Å². The first-order valence-corrected chi connectivity index (χ1v) is 6.59. The van der Waals surface area contributed by atoms with E-state index in [1.807, 2.05) is 19.2 Å². The lowest BCUT2D eigenvalue weighted by Gasteiger charge is -2.35. The molecule has 0 spiro atoms. The molecule has 0 saturated heterocycles. The van der Waals surface area contributed by atoms with E-state index in [0.29, 0.717) is 6.54 Å². The SMILES string of the molecule is CNC(c1ccc(OC)cc1OC)C(C)(C)CCN. The average Bonchev–Trinajstić information content (AvgIpc) is 2.39. The predicted octanol–water partition coefficient (Wildman–Crippen LogP) is 2.34. The Bertz CT molecular complexity index is 405. The van der Waals surface area contributed by atoms with Gasteiger partial charge in [-0.3, -0.25) is 0 Å². The molecule has 4 heteroatoms. The Labute approximate surface area is 116 Å². The maximum absolute atomic E-state index is 5.72. The Morgan fingerprint density at radius 2 is 1.95 bits per heavy atom. The van der Waals surface area contributed by atoms with E-state index in [-0.39, 0.29) is 11.5 Å². The zero-order valence-electron chi connectivity index (χ0n) is 12.6. The molecule has 0 fully saturated rings. The van der Waals surface area contributed by atoms with Gasteiger partial charge in [0.2, 0.25) is 0 Å². The highest BCUT2D eigenvalue weighted by molar-refractivity contribution is 5.43. The third-order valence-electron chi connectivity index (χ3n) is 3.61. The first-order chi connectivity index (χ1) is 9.00. The molecule has 4 nitrogen and oxygen atoms in total. The molecule has 0 saturated carbocycles. The van der Waals surface area contributed by atoms with Crippen molar-refractivity contribution in [2.24, 2.45) is 11.1 Å². The second-order valence-electron chi connectivity index (χ2n) is 5.36. The molecule has 0 radical (unpaired) electrons. The molecule has 0 aliphatic carbocycles. The summed E-state index contributed by atoms with van der Waals surface area (Å²) in [5.41, 5.74) is 6.90. The fourth-order valence-electron chi connectivity index (χ4n) is 2.54. The van der Waals surface area contributed by atoms with Crippen LogP contribution in [0, 0.1) is 5.41 Å². The highest BCUT2D eigenvalue weighted by Crippen LogP contribution is 2.40. The normalized spacial score (nSPS) is 13.2. The summed E-state index contributed by atoms with van der Waals surface area (Å²) in [6, 6.07) is 6.10. The highest BCUT2D eigenvalue weighted by atomic mass is 16.5. The fourth-order valence-corrected chi connectivity index (χ4v) is 2.54. The van der Waals surface area contributed by atoms with Crippen molar-refractivity contribution >= 4 is 0 Å². The summed E-state index contributed by atoms with van der Waals surface area (Å²) in [5, 5.41) is 3.38. The van der Waals surface area contributed by atoms with Crippen LogP contribution in [-0.2, 0) is 0 Å². The van der Waals surface area contributed by atoms with E-state index in [1.54, 1.807) is 14.2 Å². The maximum Gasteiger partial charge on any atom is 0.127 e. The molecule has 0 aromatic heterocycles. The zero-order valence-corrected chi connectivity index (χ0v) is 12.6.